The number of aromatic amines is 1. The van der Waals surface area contributed by atoms with Gasteiger partial charge in [0.2, 0.25) is 0 Å². The standard InChI is InChI=1S/C23H24F3N7S/c24-23(25,26)16-3-6-20(28-13-16)30-17-7-9-33(10-8-17)34-18-4-1-14(2-5-18)15-11-19-21(27)31-32-22(19)29-12-15/h1,3-4,6,11-13,17H,2,5,7-10H2,(H,28,30)(H3,27,29,31,32). The zero-order chi connectivity index (χ0) is 23.7. The van der Waals surface area contributed by atoms with E-state index >= 15 is 0 Å². The molecular weight excluding hydrogens is 463 g/mol. The first-order valence-corrected chi connectivity index (χ1v) is 11.8. The number of pyridine rings is 2. The number of fused-ring (bicyclic) bond motifs is 1. The molecule has 1 fully saturated rings. The Hall–Kier alpha value is -3.05. The number of nitrogens with zero attached hydrogens (tertiary/aromatic N) is 4. The van der Waals surface area contributed by atoms with Crippen molar-refractivity contribution in [3.05, 3.63) is 58.8 Å². The second kappa shape index (κ2) is 9.30. The maximum atomic E-state index is 12.7. The van der Waals surface area contributed by atoms with Gasteiger partial charge in [-0.3, -0.25) is 5.10 Å². The number of piperidine rings is 1. The van der Waals surface area contributed by atoms with Gasteiger partial charge in [0.05, 0.1) is 10.9 Å². The highest BCUT2D eigenvalue weighted by molar-refractivity contribution is 8.00. The van der Waals surface area contributed by atoms with Crippen LogP contribution in [0.5, 0.6) is 0 Å². The van der Waals surface area contributed by atoms with Crippen molar-refractivity contribution in [1.29, 1.82) is 0 Å². The second-order valence-electron chi connectivity index (χ2n) is 8.42. The van der Waals surface area contributed by atoms with Crippen LogP contribution in [-0.4, -0.2) is 43.6 Å². The van der Waals surface area contributed by atoms with E-state index in [9.17, 15) is 13.2 Å². The summed E-state index contributed by atoms with van der Waals surface area (Å²) in [6.45, 7) is 1.80. The number of nitrogens with one attached hydrogen (secondary N) is 2. The van der Waals surface area contributed by atoms with Crippen molar-refractivity contribution in [2.75, 3.05) is 24.1 Å². The van der Waals surface area contributed by atoms with Crippen LogP contribution in [0.4, 0.5) is 24.8 Å². The molecule has 3 aromatic rings. The van der Waals surface area contributed by atoms with Crippen molar-refractivity contribution in [3.8, 4) is 0 Å². The van der Waals surface area contributed by atoms with Crippen LogP contribution in [0.3, 0.4) is 0 Å². The summed E-state index contributed by atoms with van der Waals surface area (Å²) in [7, 11) is 0. The predicted octanol–water partition coefficient (Wildman–Crippen LogP) is 5.24. The number of nitrogens with two attached hydrogens (primary N) is 1. The lowest BCUT2D eigenvalue weighted by Gasteiger charge is -2.32. The molecule has 0 spiro atoms. The first kappa shape index (κ1) is 22.7. The van der Waals surface area contributed by atoms with Crippen molar-refractivity contribution in [1.82, 2.24) is 24.5 Å². The number of rotatable bonds is 5. The van der Waals surface area contributed by atoms with Gasteiger partial charge in [-0.1, -0.05) is 12.2 Å². The number of halogens is 3. The Morgan fingerprint density at radius 3 is 2.59 bits per heavy atom. The maximum Gasteiger partial charge on any atom is 0.417 e. The van der Waals surface area contributed by atoms with E-state index in [4.69, 9.17) is 5.73 Å². The van der Waals surface area contributed by atoms with Crippen LogP contribution >= 0.6 is 11.9 Å². The van der Waals surface area contributed by atoms with Gasteiger partial charge in [0.15, 0.2) is 11.5 Å². The summed E-state index contributed by atoms with van der Waals surface area (Å²) in [5, 5.41) is 10.9. The van der Waals surface area contributed by atoms with E-state index in [1.54, 1.807) is 11.9 Å². The van der Waals surface area contributed by atoms with E-state index in [1.807, 2.05) is 12.3 Å². The van der Waals surface area contributed by atoms with Crippen molar-refractivity contribution in [2.45, 2.75) is 37.9 Å². The second-order valence-corrected chi connectivity index (χ2v) is 9.65. The van der Waals surface area contributed by atoms with Gasteiger partial charge in [-0.2, -0.15) is 18.3 Å². The van der Waals surface area contributed by atoms with Crippen LogP contribution in [0.1, 0.15) is 36.8 Å². The van der Waals surface area contributed by atoms with Gasteiger partial charge in [0.1, 0.15) is 5.82 Å². The number of nitrogen functional groups attached to an aromatic ring is 1. The highest BCUT2D eigenvalue weighted by Gasteiger charge is 2.31. The van der Waals surface area contributed by atoms with Crippen LogP contribution < -0.4 is 11.1 Å². The summed E-state index contributed by atoms with van der Waals surface area (Å²) in [4.78, 5) is 9.64. The molecular formula is C23H24F3N7S. The minimum atomic E-state index is -4.36. The van der Waals surface area contributed by atoms with Gasteiger partial charge in [0.25, 0.3) is 0 Å². The maximum absolute atomic E-state index is 12.7. The SMILES string of the molecule is Nc1n[nH]c2ncc(C3=CC=C(SN4CCC(Nc5ccc(C(F)(F)F)cn5)CC4)CC3)cc12. The van der Waals surface area contributed by atoms with E-state index in [0.29, 0.717) is 17.3 Å². The number of hydrogen-bond acceptors (Lipinski definition) is 7. The molecule has 0 atom stereocenters. The van der Waals surface area contributed by atoms with Crippen LogP contribution in [-0.2, 0) is 6.18 Å². The molecule has 11 heteroatoms. The lowest BCUT2D eigenvalue weighted by molar-refractivity contribution is -0.137. The monoisotopic (exact) mass is 487 g/mol. The number of H-pyrrole nitrogens is 1. The zero-order valence-corrected chi connectivity index (χ0v) is 19.1. The van der Waals surface area contributed by atoms with Gasteiger partial charge >= 0.3 is 6.18 Å². The molecule has 4 N–H and O–H groups in total. The number of aromatic nitrogens is 4. The molecule has 1 aliphatic heterocycles. The summed E-state index contributed by atoms with van der Waals surface area (Å²) in [5.41, 5.74) is 8.15. The Bertz CT molecular complexity index is 1230. The van der Waals surface area contributed by atoms with E-state index in [1.165, 1.54) is 16.5 Å². The molecule has 7 nitrogen and oxygen atoms in total. The normalized spacial score (nSPS) is 18.1. The fourth-order valence-corrected chi connectivity index (χ4v) is 5.19. The predicted molar refractivity (Wildman–Crippen MR) is 129 cm³/mol. The molecule has 0 saturated carbocycles. The molecule has 1 aliphatic carbocycles. The minimum Gasteiger partial charge on any atom is -0.382 e. The third-order valence-corrected chi connectivity index (χ3v) is 7.27. The summed E-state index contributed by atoms with van der Waals surface area (Å²) in [5.74, 6) is 0.941. The van der Waals surface area contributed by atoms with Crippen LogP contribution in [0.2, 0.25) is 0 Å². The van der Waals surface area contributed by atoms with Gasteiger partial charge in [-0.25, -0.2) is 14.3 Å². The summed E-state index contributed by atoms with van der Waals surface area (Å²) in [6.07, 6.45) is 6.38. The molecule has 4 heterocycles. The number of allylic oxidation sites excluding steroid dienone is 4. The largest absolute Gasteiger partial charge is 0.417 e. The smallest absolute Gasteiger partial charge is 0.382 e. The number of anilines is 2. The Balaban J connectivity index is 1.13. The molecule has 0 aromatic carbocycles. The molecule has 0 radical (unpaired) electrons. The quantitative estimate of drug-likeness (QED) is 0.424. The molecule has 2 aliphatic rings. The van der Waals surface area contributed by atoms with Gasteiger partial charge in [-0.15, -0.1) is 0 Å². The summed E-state index contributed by atoms with van der Waals surface area (Å²) in [6, 6.07) is 4.69. The average molecular weight is 488 g/mol. The van der Waals surface area contributed by atoms with Crippen molar-refractivity contribution in [3.63, 3.8) is 0 Å². The number of hydrogen-bond donors (Lipinski definition) is 3. The third-order valence-electron chi connectivity index (χ3n) is 6.07. The molecule has 5 rings (SSSR count). The van der Waals surface area contributed by atoms with Crippen LogP contribution in [0, 0.1) is 0 Å². The molecule has 3 aromatic heterocycles. The first-order valence-electron chi connectivity index (χ1n) is 11.1. The molecule has 0 bridgehead atoms. The molecule has 0 amide bonds. The van der Waals surface area contributed by atoms with E-state index in [0.717, 1.165) is 62.0 Å². The highest BCUT2D eigenvalue weighted by Crippen LogP contribution is 2.36. The minimum absolute atomic E-state index is 0.200. The summed E-state index contributed by atoms with van der Waals surface area (Å²) < 4.78 is 40.4. The first-order chi connectivity index (χ1) is 16.3. The van der Waals surface area contributed by atoms with Gasteiger partial charge in [-0.05, 0) is 67.0 Å². The van der Waals surface area contributed by atoms with Crippen LogP contribution in [0.25, 0.3) is 16.6 Å². The highest BCUT2D eigenvalue weighted by atomic mass is 32.2. The van der Waals surface area contributed by atoms with Crippen molar-refractivity contribution in [2.24, 2.45) is 0 Å². The van der Waals surface area contributed by atoms with E-state index in [-0.39, 0.29) is 6.04 Å². The summed E-state index contributed by atoms with van der Waals surface area (Å²) >= 11 is 1.79. The molecule has 1 saturated heterocycles. The van der Waals surface area contributed by atoms with Gasteiger partial charge < -0.3 is 11.1 Å². The van der Waals surface area contributed by atoms with E-state index < -0.39 is 11.7 Å². The Kier molecular flexibility index (Phi) is 6.22. The lowest BCUT2D eigenvalue weighted by Crippen LogP contribution is -2.35. The van der Waals surface area contributed by atoms with Crippen molar-refractivity contribution < 1.29 is 13.2 Å². The van der Waals surface area contributed by atoms with E-state index in [2.05, 4.69) is 41.9 Å². The Morgan fingerprint density at radius 2 is 1.91 bits per heavy atom. The molecule has 0 unspecified atom stereocenters. The third kappa shape index (κ3) is 5.05. The fourth-order valence-electron chi connectivity index (χ4n) is 4.15. The average Bonchev–Trinajstić information content (AvgIpc) is 3.21. The van der Waals surface area contributed by atoms with Crippen LogP contribution in [0.15, 0.2) is 47.6 Å². The molecule has 178 valence electrons. The zero-order valence-electron chi connectivity index (χ0n) is 18.3. The topological polar surface area (TPSA) is 95.8 Å². The Labute approximate surface area is 198 Å². The molecule has 34 heavy (non-hydrogen) atoms. The fraction of sp³-hybridized carbons (Fsp3) is 0.348. The Morgan fingerprint density at radius 1 is 1.09 bits per heavy atom. The van der Waals surface area contributed by atoms with Gasteiger partial charge in [0, 0.05) is 36.4 Å². The van der Waals surface area contributed by atoms with Crippen molar-refractivity contribution >= 4 is 40.2 Å². The lowest BCUT2D eigenvalue weighted by atomic mass is 9.98. The number of alkyl halides is 3.